The highest BCUT2D eigenvalue weighted by molar-refractivity contribution is 5.70. The number of anilines is 2. The molecule has 2 rings (SSSR count). The SMILES string of the molecule is CC(=O)O.Cc1cc(N=Nc2ccccc2)c(N)cc1N. The quantitative estimate of drug-likeness (QED) is 0.577. The lowest BCUT2D eigenvalue weighted by Gasteiger charge is -2.04. The van der Waals surface area contributed by atoms with E-state index in [1.807, 2.05) is 43.3 Å². The van der Waals surface area contributed by atoms with Gasteiger partial charge in [-0.05, 0) is 36.8 Å². The number of aliphatic carboxylic acids is 1. The van der Waals surface area contributed by atoms with E-state index in [2.05, 4.69) is 10.2 Å². The molecule has 0 unspecified atom stereocenters. The first-order valence-electron chi connectivity index (χ1n) is 6.22. The maximum absolute atomic E-state index is 9.00. The minimum atomic E-state index is -0.833. The van der Waals surface area contributed by atoms with Crippen LogP contribution in [-0.2, 0) is 4.79 Å². The first-order chi connectivity index (χ1) is 9.90. The van der Waals surface area contributed by atoms with Crippen LogP contribution in [0.2, 0.25) is 0 Å². The Morgan fingerprint density at radius 1 is 1.05 bits per heavy atom. The van der Waals surface area contributed by atoms with Crippen LogP contribution in [0.15, 0.2) is 52.7 Å². The third-order valence-corrected chi connectivity index (χ3v) is 2.44. The number of carboxylic acid groups (broad SMARTS) is 1. The summed E-state index contributed by atoms with van der Waals surface area (Å²) in [6, 6.07) is 13.0. The van der Waals surface area contributed by atoms with Crippen LogP contribution in [-0.4, -0.2) is 11.1 Å². The lowest BCUT2D eigenvalue weighted by molar-refractivity contribution is -0.134. The van der Waals surface area contributed by atoms with E-state index in [0.29, 0.717) is 17.1 Å². The molecule has 0 heterocycles. The Hall–Kier alpha value is -2.89. The highest BCUT2D eigenvalue weighted by atomic mass is 16.4. The Kier molecular flexibility index (Phi) is 5.88. The topological polar surface area (TPSA) is 114 Å². The molecule has 21 heavy (non-hydrogen) atoms. The van der Waals surface area contributed by atoms with Crippen molar-refractivity contribution >= 4 is 28.7 Å². The summed E-state index contributed by atoms with van der Waals surface area (Å²) in [6.07, 6.45) is 0. The second-order valence-electron chi connectivity index (χ2n) is 4.32. The molecule has 0 spiro atoms. The zero-order valence-electron chi connectivity index (χ0n) is 11.9. The lowest BCUT2D eigenvalue weighted by Crippen LogP contribution is -1.93. The van der Waals surface area contributed by atoms with Crippen molar-refractivity contribution in [2.45, 2.75) is 13.8 Å². The molecule has 0 bridgehead atoms. The maximum atomic E-state index is 9.00. The lowest BCUT2D eigenvalue weighted by atomic mass is 10.1. The molecule has 0 radical (unpaired) electrons. The summed E-state index contributed by atoms with van der Waals surface area (Å²) in [7, 11) is 0. The van der Waals surface area contributed by atoms with Crippen LogP contribution in [0.5, 0.6) is 0 Å². The number of rotatable bonds is 2. The van der Waals surface area contributed by atoms with E-state index in [-0.39, 0.29) is 0 Å². The van der Waals surface area contributed by atoms with Crippen molar-refractivity contribution in [1.82, 2.24) is 0 Å². The summed E-state index contributed by atoms with van der Waals surface area (Å²) >= 11 is 0. The van der Waals surface area contributed by atoms with Gasteiger partial charge in [-0.1, -0.05) is 18.2 Å². The van der Waals surface area contributed by atoms with Gasteiger partial charge in [0.1, 0.15) is 5.69 Å². The third kappa shape index (κ3) is 5.73. The average molecular weight is 286 g/mol. The van der Waals surface area contributed by atoms with Crippen molar-refractivity contribution < 1.29 is 9.90 Å². The summed E-state index contributed by atoms with van der Waals surface area (Å²) in [5.41, 5.74) is 15.1. The van der Waals surface area contributed by atoms with Crippen LogP contribution in [0.4, 0.5) is 22.7 Å². The standard InChI is InChI=1S/C13H14N4.C2H4O2/c1-9-7-13(12(15)8-11(9)14)17-16-10-5-3-2-4-6-10;1-2(3)4/h2-8H,14-15H2,1H3;1H3,(H,3,4). The van der Waals surface area contributed by atoms with Crippen molar-refractivity contribution in [1.29, 1.82) is 0 Å². The molecular formula is C15H18N4O2. The van der Waals surface area contributed by atoms with Crippen LogP contribution in [0.1, 0.15) is 12.5 Å². The molecular weight excluding hydrogens is 268 g/mol. The highest BCUT2D eigenvalue weighted by Gasteiger charge is 2.01. The monoisotopic (exact) mass is 286 g/mol. The number of nitrogen functional groups attached to an aromatic ring is 2. The average Bonchev–Trinajstić information content (AvgIpc) is 2.42. The summed E-state index contributed by atoms with van der Waals surface area (Å²) < 4.78 is 0. The summed E-state index contributed by atoms with van der Waals surface area (Å²) in [4.78, 5) is 9.00. The van der Waals surface area contributed by atoms with Crippen LogP contribution in [0.3, 0.4) is 0 Å². The normalized spacial score (nSPS) is 10.0. The van der Waals surface area contributed by atoms with Crippen molar-refractivity contribution in [2.75, 3.05) is 11.5 Å². The molecule has 110 valence electrons. The summed E-state index contributed by atoms with van der Waals surface area (Å²) in [5.74, 6) is -0.833. The molecule has 0 amide bonds. The van der Waals surface area contributed by atoms with Gasteiger partial charge in [0.15, 0.2) is 0 Å². The zero-order chi connectivity index (χ0) is 15.8. The number of nitrogens with two attached hydrogens (primary N) is 2. The Balaban J connectivity index is 0.000000491. The minimum absolute atomic E-state index is 0.535. The van der Waals surface area contributed by atoms with Crippen molar-refractivity contribution in [3.63, 3.8) is 0 Å². The van der Waals surface area contributed by atoms with Gasteiger partial charge in [-0.25, -0.2) is 0 Å². The first kappa shape index (κ1) is 16.2. The molecule has 0 atom stereocenters. The predicted molar refractivity (Wildman–Crippen MR) is 83.9 cm³/mol. The van der Waals surface area contributed by atoms with E-state index in [1.54, 1.807) is 6.07 Å². The fraction of sp³-hybridized carbons (Fsp3) is 0.133. The largest absolute Gasteiger partial charge is 0.481 e. The Labute approximate surface area is 123 Å². The Morgan fingerprint density at radius 2 is 1.62 bits per heavy atom. The number of carboxylic acids is 1. The molecule has 2 aromatic carbocycles. The van der Waals surface area contributed by atoms with Gasteiger partial charge in [0.05, 0.1) is 11.4 Å². The fourth-order valence-electron chi connectivity index (χ4n) is 1.42. The van der Waals surface area contributed by atoms with E-state index < -0.39 is 5.97 Å². The van der Waals surface area contributed by atoms with Crippen molar-refractivity contribution in [3.8, 4) is 0 Å². The van der Waals surface area contributed by atoms with Gasteiger partial charge in [-0.2, -0.15) is 5.11 Å². The van der Waals surface area contributed by atoms with E-state index in [4.69, 9.17) is 21.4 Å². The molecule has 0 aliphatic carbocycles. The molecule has 0 aliphatic rings. The molecule has 6 heteroatoms. The number of benzene rings is 2. The van der Waals surface area contributed by atoms with E-state index >= 15 is 0 Å². The van der Waals surface area contributed by atoms with Gasteiger partial charge in [0, 0.05) is 12.6 Å². The van der Waals surface area contributed by atoms with Gasteiger partial charge < -0.3 is 16.6 Å². The maximum Gasteiger partial charge on any atom is 0.300 e. The Morgan fingerprint density at radius 3 is 2.19 bits per heavy atom. The zero-order valence-corrected chi connectivity index (χ0v) is 11.9. The number of hydrogen-bond acceptors (Lipinski definition) is 5. The van der Waals surface area contributed by atoms with Gasteiger partial charge in [-0.3, -0.25) is 4.79 Å². The molecule has 6 nitrogen and oxygen atoms in total. The molecule has 0 saturated carbocycles. The number of nitrogens with zero attached hydrogens (tertiary/aromatic N) is 2. The van der Waals surface area contributed by atoms with Gasteiger partial charge in [0.25, 0.3) is 5.97 Å². The van der Waals surface area contributed by atoms with E-state index in [0.717, 1.165) is 18.2 Å². The fourth-order valence-corrected chi connectivity index (χ4v) is 1.42. The van der Waals surface area contributed by atoms with Crippen molar-refractivity contribution in [3.05, 3.63) is 48.0 Å². The van der Waals surface area contributed by atoms with Crippen LogP contribution in [0, 0.1) is 6.92 Å². The molecule has 0 aliphatic heterocycles. The van der Waals surface area contributed by atoms with Crippen molar-refractivity contribution in [2.24, 2.45) is 10.2 Å². The Bertz CT molecular complexity index is 636. The first-order valence-corrected chi connectivity index (χ1v) is 6.22. The number of azo groups is 1. The van der Waals surface area contributed by atoms with Gasteiger partial charge >= 0.3 is 0 Å². The van der Waals surface area contributed by atoms with E-state index in [9.17, 15) is 0 Å². The molecule has 0 saturated heterocycles. The van der Waals surface area contributed by atoms with Gasteiger partial charge in [-0.15, -0.1) is 5.11 Å². The molecule has 0 aromatic heterocycles. The number of hydrogen-bond donors (Lipinski definition) is 3. The smallest absolute Gasteiger partial charge is 0.300 e. The summed E-state index contributed by atoms with van der Waals surface area (Å²) in [6.45, 7) is 3.00. The molecule has 0 fully saturated rings. The summed E-state index contributed by atoms with van der Waals surface area (Å²) in [5, 5.41) is 15.7. The van der Waals surface area contributed by atoms with Gasteiger partial charge in [0.2, 0.25) is 0 Å². The highest BCUT2D eigenvalue weighted by Crippen LogP contribution is 2.28. The number of aryl methyl sites for hydroxylation is 1. The molecule has 2 aromatic rings. The second kappa shape index (κ2) is 7.64. The number of carbonyl (C=O) groups is 1. The predicted octanol–water partition coefficient (Wildman–Crippen LogP) is 3.67. The van der Waals surface area contributed by atoms with E-state index in [1.165, 1.54) is 0 Å². The third-order valence-electron chi connectivity index (χ3n) is 2.44. The van der Waals surface area contributed by atoms with Crippen LogP contribution in [0.25, 0.3) is 0 Å². The minimum Gasteiger partial charge on any atom is -0.481 e. The second-order valence-corrected chi connectivity index (χ2v) is 4.32. The van der Waals surface area contributed by atoms with Crippen LogP contribution < -0.4 is 11.5 Å². The van der Waals surface area contributed by atoms with Crippen LogP contribution >= 0.6 is 0 Å². The molecule has 5 N–H and O–H groups in total.